The number of ether oxygens (including phenoxy) is 1. The molecule has 180 valence electrons. The maximum Gasteiger partial charge on any atom is 0.230 e. The summed E-state index contributed by atoms with van der Waals surface area (Å²) in [6.07, 6.45) is 5.77. The van der Waals surface area contributed by atoms with E-state index in [0.29, 0.717) is 18.2 Å². The van der Waals surface area contributed by atoms with E-state index in [1.165, 1.54) is 37.1 Å². The van der Waals surface area contributed by atoms with Crippen molar-refractivity contribution in [3.05, 3.63) is 65.7 Å². The topological polar surface area (TPSA) is 81.1 Å². The zero-order valence-electron chi connectivity index (χ0n) is 19.3. The van der Waals surface area contributed by atoms with Crippen LogP contribution in [-0.4, -0.2) is 33.5 Å². The van der Waals surface area contributed by atoms with Crippen molar-refractivity contribution in [3.63, 3.8) is 0 Å². The molecule has 1 saturated carbocycles. The van der Waals surface area contributed by atoms with E-state index in [1.54, 1.807) is 25.3 Å². The SMILES string of the molecule is COc1cccc(NCc2nnc(SCC(=O)NCc3ccccc3F)n2C2CCCCC2)c1. The summed E-state index contributed by atoms with van der Waals surface area (Å²) in [5.74, 6) is 1.35. The molecule has 4 rings (SSSR count). The molecule has 0 spiro atoms. The summed E-state index contributed by atoms with van der Waals surface area (Å²) < 4.78 is 21.3. The average Bonchev–Trinajstić information content (AvgIpc) is 3.29. The lowest BCUT2D eigenvalue weighted by Crippen LogP contribution is -2.25. The molecular weight excluding hydrogens is 453 g/mol. The van der Waals surface area contributed by atoms with Crippen molar-refractivity contribution >= 4 is 23.4 Å². The number of carbonyl (C=O) groups is 1. The average molecular weight is 484 g/mol. The van der Waals surface area contributed by atoms with Gasteiger partial charge in [0.2, 0.25) is 5.91 Å². The van der Waals surface area contributed by atoms with Crippen LogP contribution in [0.1, 0.15) is 49.5 Å². The van der Waals surface area contributed by atoms with Crippen LogP contribution in [0.4, 0.5) is 10.1 Å². The molecule has 1 heterocycles. The monoisotopic (exact) mass is 483 g/mol. The number of nitrogens with zero attached hydrogens (tertiary/aromatic N) is 3. The summed E-state index contributed by atoms with van der Waals surface area (Å²) in [5.41, 5.74) is 1.41. The second-order valence-corrected chi connectivity index (χ2v) is 9.25. The molecule has 9 heteroatoms. The van der Waals surface area contributed by atoms with Crippen LogP contribution >= 0.6 is 11.8 Å². The number of hydrogen-bond acceptors (Lipinski definition) is 6. The molecule has 1 aliphatic carbocycles. The van der Waals surface area contributed by atoms with Crippen LogP contribution in [0.25, 0.3) is 0 Å². The third-order valence-electron chi connectivity index (χ3n) is 5.96. The fourth-order valence-electron chi connectivity index (χ4n) is 4.16. The van der Waals surface area contributed by atoms with E-state index in [1.807, 2.05) is 24.3 Å². The summed E-state index contributed by atoms with van der Waals surface area (Å²) in [7, 11) is 1.65. The normalized spacial score (nSPS) is 14.1. The predicted molar refractivity (Wildman–Crippen MR) is 131 cm³/mol. The summed E-state index contributed by atoms with van der Waals surface area (Å²) in [4.78, 5) is 12.4. The van der Waals surface area contributed by atoms with Crippen molar-refractivity contribution in [2.45, 2.75) is 56.4 Å². The second-order valence-electron chi connectivity index (χ2n) is 8.30. The van der Waals surface area contributed by atoms with Crippen LogP contribution in [0, 0.1) is 5.82 Å². The third kappa shape index (κ3) is 6.28. The number of aromatic nitrogens is 3. The Morgan fingerprint density at radius 2 is 1.94 bits per heavy atom. The highest BCUT2D eigenvalue weighted by Gasteiger charge is 2.23. The first-order valence-electron chi connectivity index (χ1n) is 11.6. The fourth-order valence-corrected chi connectivity index (χ4v) is 5.02. The molecule has 3 aromatic rings. The zero-order chi connectivity index (χ0) is 23.8. The van der Waals surface area contributed by atoms with E-state index < -0.39 is 0 Å². The lowest BCUT2D eigenvalue weighted by atomic mass is 9.95. The van der Waals surface area contributed by atoms with E-state index in [0.717, 1.165) is 35.3 Å². The van der Waals surface area contributed by atoms with Crippen molar-refractivity contribution in [3.8, 4) is 5.75 Å². The predicted octanol–water partition coefficient (Wildman–Crippen LogP) is 4.95. The van der Waals surface area contributed by atoms with E-state index in [-0.39, 0.29) is 24.0 Å². The smallest absolute Gasteiger partial charge is 0.230 e. The van der Waals surface area contributed by atoms with Gasteiger partial charge in [0, 0.05) is 29.9 Å². The Balaban J connectivity index is 1.41. The molecule has 0 saturated heterocycles. The third-order valence-corrected chi connectivity index (χ3v) is 6.90. The summed E-state index contributed by atoms with van der Waals surface area (Å²) in [5, 5.41) is 15.8. The van der Waals surface area contributed by atoms with Gasteiger partial charge in [0.05, 0.1) is 19.4 Å². The molecule has 0 radical (unpaired) electrons. The molecule has 2 N–H and O–H groups in total. The molecule has 1 fully saturated rings. The van der Waals surface area contributed by atoms with E-state index in [4.69, 9.17) is 4.74 Å². The lowest BCUT2D eigenvalue weighted by Gasteiger charge is -2.25. The number of rotatable bonds is 10. The van der Waals surface area contributed by atoms with Gasteiger partial charge in [0.25, 0.3) is 0 Å². The van der Waals surface area contributed by atoms with Crippen molar-refractivity contribution in [1.82, 2.24) is 20.1 Å². The maximum atomic E-state index is 13.8. The molecular formula is C25H30FN5O2S. The highest BCUT2D eigenvalue weighted by Crippen LogP contribution is 2.33. The van der Waals surface area contributed by atoms with Crippen LogP contribution < -0.4 is 15.4 Å². The zero-order valence-corrected chi connectivity index (χ0v) is 20.1. The van der Waals surface area contributed by atoms with Gasteiger partial charge < -0.3 is 19.9 Å². The minimum absolute atomic E-state index is 0.164. The highest BCUT2D eigenvalue weighted by molar-refractivity contribution is 7.99. The number of thioether (sulfide) groups is 1. The van der Waals surface area contributed by atoms with E-state index >= 15 is 0 Å². The minimum Gasteiger partial charge on any atom is -0.497 e. The summed E-state index contributed by atoms with van der Waals surface area (Å²) in [6, 6.07) is 14.6. The Hall–Kier alpha value is -3.07. The Kier molecular flexibility index (Phi) is 8.41. The first-order valence-corrected chi connectivity index (χ1v) is 12.6. The molecule has 2 aromatic carbocycles. The molecule has 1 aliphatic rings. The Bertz CT molecular complexity index is 1100. The van der Waals surface area contributed by atoms with Gasteiger partial charge in [-0.1, -0.05) is 55.3 Å². The van der Waals surface area contributed by atoms with Gasteiger partial charge in [-0.2, -0.15) is 0 Å². The minimum atomic E-state index is -0.319. The quantitative estimate of drug-likeness (QED) is 0.397. The lowest BCUT2D eigenvalue weighted by molar-refractivity contribution is -0.118. The summed E-state index contributed by atoms with van der Waals surface area (Å²) in [6.45, 7) is 0.688. The molecule has 0 unspecified atom stereocenters. The molecule has 1 amide bonds. The van der Waals surface area contributed by atoms with Gasteiger partial charge in [0.1, 0.15) is 11.6 Å². The van der Waals surface area contributed by atoms with Gasteiger partial charge in [0.15, 0.2) is 11.0 Å². The number of anilines is 1. The standard InChI is InChI=1S/C25H30FN5O2S/c1-33-21-12-7-9-19(14-21)27-16-23-29-30-25(31(23)20-10-3-2-4-11-20)34-17-24(32)28-15-18-8-5-6-13-22(18)26/h5-9,12-14,20,27H,2-4,10-11,15-17H2,1H3,(H,28,32). The number of nitrogens with one attached hydrogen (secondary N) is 2. The Morgan fingerprint density at radius 1 is 1.12 bits per heavy atom. The molecule has 0 bridgehead atoms. The number of amides is 1. The number of carbonyl (C=O) groups excluding carboxylic acids is 1. The van der Waals surface area contributed by atoms with E-state index in [9.17, 15) is 9.18 Å². The van der Waals surface area contributed by atoms with Gasteiger partial charge in [-0.25, -0.2) is 4.39 Å². The Labute approximate surface area is 203 Å². The maximum absolute atomic E-state index is 13.8. The fraction of sp³-hybridized carbons (Fsp3) is 0.400. The largest absolute Gasteiger partial charge is 0.497 e. The van der Waals surface area contributed by atoms with Gasteiger partial charge >= 0.3 is 0 Å². The summed E-state index contributed by atoms with van der Waals surface area (Å²) >= 11 is 1.37. The van der Waals surface area contributed by atoms with Crippen molar-refractivity contribution in [2.24, 2.45) is 0 Å². The van der Waals surface area contributed by atoms with Crippen molar-refractivity contribution in [1.29, 1.82) is 0 Å². The van der Waals surface area contributed by atoms with Gasteiger partial charge in [-0.3, -0.25) is 4.79 Å². The number of methoxy groups -OCH3 is 1. The van der Waals surface area contributed by atoms with Gasteiger partial charge in [-0.15, -0.1) is 10.2 Å². The van der Waals surface area contributed by atoms with Crippen molar-refractivity contribution in [2.75, 3.05) is 18.2 Å². The van der Waals surface area contributed by atoms with Crippen LogP contribution in [0.2, 0.25) is 0 Å². The molecule has 0 atom stereocenters. The number of benzene rings is 2. The van der Waals surface area contributed by atoms with Gasteiger partial charge in [-0.05, 0) is 31.0 Å². The molecule has 0 aliphatic heterocycles. The van der Waals surface area contributed by atoms with Crippen LogP contribution in [-0.2, 0) is 17.9 Å². The Morgan fingerprint density at radius 3 is 2.74 bits per heavy atom. The highest BCUT2D eigenvalue weighted by atomic mass is 32.2. The number of halogens is 1. The first kappa shape index (κ1) is 24.1. The molecule has 1 aromatic heterocycles. The van der Waals surface area contributed by atoms with Crippen LogP contribution in [0.15, 0.2) is 53.7 Å². The molecule has 7 nitrogen and oxygen atoms in total. The first-order chi connectivity index (χ1) is 16.6. The molecule has 34 heavy (non-hydrogen) atoms. The van der Waals surface area contributed by atoms with Crippen molar-refractivity contribution < 1.29 is 13.9 Å². The second kappa shape index (κ2) is 11.9. The number of hydrogen-bond donors (Lipinski definition) is 2. The van der Waals surface area contributed by atoms with Crippen LogP contribution in [0.3, 0.4) is 0 Å². The van der Waals surface area contributed by atoms with E-state index in [2.05, 4.69) is 25.4 Å². The van der Waals surface area contributed by atoms with Crippen LogP contribution in [0.5, 0.6) is 5.75 Å².